The molecule has 3 rings (SSSR count). The lowest BCUT2D eigenvalue weighted by atomic mass is 10.1. The summed E-state index contributed by atoms with van der Waals surface area (Å²) in [5.41, 5.74) is 1.73. The Morgan fingerprint density at radius 1 is 1.08 bits per heavy atom. The number of fused-ring (bicyclic) bond motifs is 1. The van der Waals surface area contributed by atoms with Crippen molar-refractivity contribution in [2.75, 3.05) is 19.8 Å². The number of thioether (sulfide) groups is 1. The molecule has 0 fully saturated rings. The summed E-state index contributed by atoms with van der Waals surface area (Å²) in [6.07, 6.45) is 0. The van der Waals surface area contributed by atoms with Crippen LogP contribution in [0.25, 0.3) is 10.1 Å². The minimum absolute atomic E-state index is 0.000382. The van der Waals surface area contributed by atoms with E-state index in [0.717, 1.165) is 10.1 Å². The summed E-state index contributed by atoms with van der Waals surface area (Å²) in [6.45, 7) is 0. The van der Waals surface area contributed by atoms with Crippen molar-refractivity contribution in [2.45, 2.75) is 10.6 Å². The highest BCUT2D eigenvalue weighted by Crippen LogP contribution is 2.24. The van der Waals surface area contributed by atoms with E-state index < -0.39 is 10.0 Å². The second-order valence-electron chi connectivity index (χ2n) is 6.02. The van der Waals surface area contributed by atoms with Gasteiger partial charge in [0.05, 0.1) is 10.6 Å². The molecule has 0 spiro atoms. The van der Waals surface area contributed by atoms with Crippen LogP contribution < -0.4 is 0 Å². The maximum absolute atomic E-state index is 12.3. The van der Waals surface area contributed by atoms with Crippen molar-refractivity contribution in [2.24, 2.45) is 0 Å². The van der Waals surface area contributed by atoms with Gasteiger partial charge in [-0.2, -0.15) is 0 Å². The zero-order valence-electron chi connectivity index (χ0n) is 14.5. The van der Waals surface area contributed by atoms with Crippen molar-refractivity contribution in [3.8, 4) is 0 Å². The normalized spacial score (nSPS) is 12.0. The van der Waals surface area contributed by atoms with Gasteiger partial charge in [-0.3, -0.25) is 4.79 Å². The molecule has 0 unspecified atom stereocenters. The highest BCUT2D eigenvalue weighted by molar-refractivity contribution is 7.99. The molecule has 0 aliphatic rings. The Morgan fingerprint density at radius 3 is 2.50 bits per heavy atom. The van der Waals surface area contributed by atoms with Crippen LogP contribution in [0.2, 0.25) is 0 Å². The number of sulfonamides is 1. The number of nitrogens with zero attached hydrogens (tertiary/aromatic N) is 1. The van der Waals surface area contributed by atoms with Gasteiger partial charge in [0.25, 0.3) is 0 Å². The van der Waals surface area contributed by atoms with Crippen LogP contribution in [-0.2, 0) is 15.8 Å². The first-order valence-electron chi connectivity index (χ1n) is 7.97. The molecule has 0 aliphatic heterocycles. The minimum Gasteiger partial charge on any atom is -0.293 e. The maximum atomic E-state index is 12.3. The quantitative estimate of drug-likeness (QED) is 0.551. The molecule has 0 bridgehead atoms. The number of rotatable bonds is 7. The lowest BCUT2D eigenvalue weighted by Gasteiger charge is -2.11. The van der Waals surface area contributed by atoms with Gasteiger partial charge in [-0.05, 0) is 46.7 Å². The zero-order valence-corrected chi connectivity index (χ0v) is 17.0. The third-order valence-corrected chi connectivity index (χ3v) is 7.70. The van der Waals surface area contributed by atoms with Gasteiger partial charge in [-0.15, -0.1) is 23.1 Å². The minimum atomic E-state index is -3.47. The number of ketones is 1. The Labute approximate surface area is 161 Å². The van der Waals surface area contributed by atoms with Gasteiger partial charge in [-0.1, -0.05) is 18.2 Å². The molecule has 0 saturated heterocycles. The topological polar surface area (TPSA) is 54.5 Å². The van der Waals surface area contributed by atoms with Gasteiger partial charge in [0, 0.05) is 30.1 Å². The monoisotopic (exact) mass is 405 g/mol. The number of hydrogen-bond donors (Lipinski definition) is 0. The van der Waals surface area contributed by atoms with Crippen LogP contribution in [0.4, 0.5) is 0 Å². The van der Waals surface area contributed by atoms with E-state index in [-0.39, 0.29) is 10.7 Å². The van der Waals surface area contributed by atoms with Crippen LogP contribution in [0.5, 0.6) is 0 Å². The molecule has 3 aromatic rings. The van der Waals surface area contributed by atoms with Crippen LogP contribution in [0.15, 0.2) is 58.8 Å². The fourth-order valence-electron chi connectivity index (χ4n) is 2.47. The third-order valence-electron chi connectivity index (χ3n) is 3.97. The highest BCUT2D eigenvalue weighted by Gasteiger charge is 2.17. The lowest BCUT2D eigenvalue weighted by Crippen LogP contribution is -2.22. The van der Waals surface area contributed by atoms with Crippen LogP contribution in [0, 0.1) is 0 Å². The summed E-state index contributed by atoms with van der Waals surface area (Å²) >= 11 is 3.28. The molecular weight excluding hydrogens is 386 g/mol. The molecule has 0 atom stereocenters. The summed E-state index contributed by atoms with van der Waals surface area (Å²) < 4.78 is 26.5. The molecule has 0 amide bonds. The molecule has 0 saturated carbocycles. The average Bonchev–Trinajstić information content (AvgIpc) is 3.09. The zero-order chi connectivity index (χ0) is 18.7. The Kier molecular flexibility index (Phi) is 5.82. The van der Waals surface area contributed by atoms with E-state index in [1.165, 1.54) is 41.9 Å². The van der Waals surface area contributed by atoms with Crippen molar-refractivity contribution in [1.29, 1.82) is 0 Å². The molecule has 4 nitrogen and oxygen atoms in total. The van der Waals surface area contributed by atoms with Gasteiger partial charge in [0.15, 0.2) is 5.78 Å². The van der Waals surface area contributed by atoms with E-state index >= 15 is 0 Å². The summed E-state index contributed by atoms with van der Waals surface area (Å²) in [5.74, 6) is 1.13. The van der Waals surface area contributed by atoms with E-state index in [2.05, 4.69) is 29.6 Å². The molecule has 0 N–H and O–H groups in total. The molecule has 26 heavy (non-hydrogen) atoms. The van der Waals surface area contributed by atoms with Crippen molar-refractivity contribution in [1.82, 2.24) is 4.31 Å². The fourth-order valence-corrected chi connectivity index (χ4v) is 5.02. The molecular formula is C19H19NO3S3. The van der Waals surface area contributed by atoms with E-state index in [0.29, 0.717) is 11.3 Å². The molecule has 2 aromatic carbocycles. The van der Waals surface area contributed by atoms with Crippen LogP contribution in [0.3, 0.4) is 0 Å². The summed E-state index contributed by atoms with van der Waals surface area (Å²) in [5, 5.41) is 3.31. The third kappa shape index (κ3) is 4.17. The van der Waals surface area contributed by atoms with Crippen molar-refractivity contribution in [3.63, 3.8) is 0 Å². The number of thiophene rings is 1. The Bertz CT molecular complexity index is 1020. The van der Waals surface area contributed by atoms with Crippen molar-refractivity contribution in [3.05, 3.63) is 65.0 Å². The Morgan fingerprint density at radius 2 is 1.81 bits per heavy atom. The Balaban J connectivity index is 1.59. The molecule has 136 valence electrons. The van der Waals surface area contributed by atoms with E-state index in [1.807, 2.05) is 0 Å². The summed E-state index contributed by atoms with van der Waals surface area (Å²) in [4.78, 5) is 12.5. The number of hydrogen-bond acceptors (Lipinski definition) is 5. The Hall–Kier alpha value is -1.67. The summed E-state index contributed by atoms with van der Waals surface area (Å²) in [7, 11) is -0.499. The predicted octanol–water partition coefficient (Wildman–Crippen LogP) is 4.27. The van der Waals surface area contributed by atoms with Crippen LogP contribution in [-0.4, -0.2) is 38.4 Å². The van der Waals surface area contributed by atoms with Gasteiger partial charge < -0.3 is 0 Å². The molecule has 0 aliphatic carbocycles. The number of Topliss-reactive ketones (excluding diaryl/α,β-unsaturated/α-hetero) is 1. The largest absolute Gasteiger partial charge is 0.293 e. The standard InChI is InChI=1S/C19H19NO3S3/c1-20(2)26(22,23)17-6-4-15(5-7-17)18(21)13-24-12-14-3-8-19-16(11-14)9-10-25-19/h3-11H,12-13H2,1-2H3. The second-order valence-corrected chi connectivity index (χ2v) is 10.1. The number of carbonyl (C=O) groups excluding carboxylic acids is 1. The smallest absolute Gasteiger partial charge is 0.242 e. The van der Waals surface area contributed by atoms with Gasteiger partial charge >= 0.3 is 0 Å². The van der Waals surface area contributed by atoms with Crippen molar-refractivity contribution >= 4 is 49.0 Å². The first-order valence-corrected chi connectivity index (χ1v) is 11.4. The molecule has 0 radical (unpaired) electrons. The molecule has 1 aromatic heterocycles. The predicted molar refractivity (Wildman–Crippen MR) is 110 cm³/mol. The van der Waals surface area contributed by atoms with Crippen LogP contribution in [0.1, 0.15) is 15.9 Å². The molecule has 1 heterocycles. The van der Waals surface area contributed by atoms with E-state index in [1.54, 1.807) is 35.2 Å². The van der Waals surface area contributed by atoms with Gasteiger partial charge in [0.1, 0.15) is 0 Å². The maximum Gasteiger partial charge on any atom is 0.242 e. The lowest BCUT2D eigenvalue weighted by molar-refractivity contribution is 0.102. The fraction of sp³-hybridized carbons (Fsp3) is 0.211. The first kappa shape index (κ1) is 19.1. The first-order chi connectivity index (χ1) is 12.4. The SMILES string of the molecule is CN(C)S(=O)(=O)c1ccc(C(=O)CSCc2ccc3sccc3c2)cc1. The van der Waals surface area contributed by atoms with E-state index in [9.17, 15) is 13.2 Å². The highest BCUT2D eigenvalue weighted by atomic mass is 32.2. The van der Waals surface area contributed by atoms with E-state index in [4.69, 9.17) is 0 Å². The average molecular weight is 406 g/mol. The molecule has 7 heteroatoms. The number of carbonyl (C=O) groups is 1. The number of benzene rings is 2. The van der Waals surface area contributed by atoms with Crippen molar-refractivity contribution < 1.29 is 13.2 Å². The summed E-state index contributed by atoms with van der Waals surface area (Å²) in [6, 6.07) is 14.6. The van der Waals surface area contributed by atoms with Gasteiger partial charge in [-0.25, -0.2) is 12.7 Å². The van der Waals surface area contributed by atoms with Crippen LogP contribution >= 0.6 is 23.1 Å². The van der Waals surface area contributed by atoms with Gasteiger partial charge in [0.2, 0.25) is 10.0 Å². The second kappa shape index (κ2) is 7.92.